The number of carbonyl (C=O) groups is 1. The van der Waals surface area contributed by atoms with Crippen molar-refractivity contribution in [3.63, 3.8) is 0 Å². The van der Waals surface area contributed by atoms with Crippen LogP contribution in [0.25, 0.3) is 0 Å². The van der Waals surface area contributed by atoms with Crippen LogP contribution in [0, 0.1) is 10.1 Å². The summed E-state index contributed by atoms with van der Waals surface area (Å²) in [6.07, 6.45) is 0.991. The predicted octanol–water partition coefficient (Wildman–Crippen LogP) is 3.61. The number of aromatic nitrogens is 1. The Hall–Kier alpha value is -2.67. The van der Waals surface area contributed by atoms with Crippen molar-refractivity contribution >= 4 is 23.3 Å². The summed E-state index contributed by atoms with van der Waals surface area (Å²) in [5.74, 6) is -0.561. The molecule has 1 aromatic heterocycles. The molecule has 0 fully saturated rings. The molecule has 8 heteroatoms. The smallest absolute Gasteiger partial charge is 0.341 e. The largest absolute Gasteiger partial charge is 0.462 e. The van der Waals surface area contributed by atoms with E-state index in [9.17, 15) is 14.9 Å². The van der Waals surface area contributed by atoms with Gasteiger partial charge in [0.25, 0.3) is 0 Å². The quantitative estimate of drug-likeness (QED) is 0.361. The number of nitro groups is 1. The zero-order chi connectivity index (χ0) is 16.1. The highest BCUT2D eigenvalue weighted by molar-refractivity contribution is 6.29. The molecule has 22 heavy (non-hydrogen) atoms. The van der Waals surface area contributed by atoms with Gasteiger partial charge < -0.3 is 9.47 Å². The van der Waals surface area contributed by atoms with Gasteiger partial charge in [0.15, 0.2) is 0 Å². The van der Waals surface area contributed by atoms with E-state index < -0.39 is 10.9 Å². The Morgan fingerprint density at radius 1 is 1.36 bits per heavy atom. The zero-order valence-corrected chi connectivity index (χ0v) is 12.2. The number of ether oxygens (including phenoxy) is 2. The molecule has 0 saturated heterocycles. The number of rotatable bonds is 5. The van der Waals surface area contributed by atoms with Crippen LogP contribution < -0.4 is 4.74 Å². The molecule has 0 spiro atoms. The van der Waals surface area contributed by atoms with Crippen LogP contribution in [-0.2, 0) is 4.74 Å². The normalized spacial score (nSPS) is 10.1. The second-order valence-corrected chi connectivity index (χ2v) is 4.44. The molecule has 0 atom stereocenters. The van der Waals surface area contributed by atoms with Crippen molar-refractivity contribution in [2.45, 2.75) is 6.92 Å². The summed E-state index contributed by atoms with van der Waals surface area (Å²) in [6.45, 7) is 1.88. The summed E-state index contributed by atoms with van der Waals surface area (Å²) in [5, 5.41) is 11.0. The number of pyridine rings is 1. The minimum Gasteiger partial charge on any atom is -0.462 e. The molecule has 2 aromatic rings. The minimum absolute atomic E-state index is 0.0363. The van der Waals surface area contributed by atoms with Crippen LogP contribution in [-0.4, -0.2) is 22.5 Å². The fourth-order valence-corrected chi connectivity index (χ4v) is 1.82. The molecule has 7 nitrogen and oxygen atoms in total. The molecule has 2 rings (SSSR count). The van der Waals surface area contributed by atoms with Crippen LogP contribution >= 0.6 is 11.6 Å². The van der Waals surface area contributed by atoms with Gasteiger partial charge in [0.2, 0.25) is 5.75 Å². The Kier molecular flexibility index (Phi) is 4.90. The van der Waals surface area contributed by atoms with E-state index >= 15 is 0 Å². The first-order chi connectivity index (χ1) is 10.5. The lowest BCUT2D eigenvalue weighted by atomic mass is 10.2. The standard InChI is InChI=1S/C14H11ClN2O5/c1-2-21-14(18)9-5-3-4-6-11(9)22-12-7-13(15)16-8-10(12)17(19)20/h3-8H,2H2,1H3. The topological polar surface area (TPSA) is 91.6 Å². The minimum atomic E-state index is -0.647. The second-order valence-electron chi connectivity index (χ2n) is 4.05. The fourth-order valence-electron chi connectivity index (χ4n) is 1.68. The van der Waals surface area contributed by atoms with Gasteiger partial charge in [-0.1, -0.05) is 23.7 Å². The SMILES string of the molecule is CCOC(=O)c1ccccc1Oc1cc(Cl)ncc1[N+](=O)[O-]. The molecule has 0 aliphatic rings. The average molecular weight is 323 g/mol. The molecule has 1 aromatic carbocycles. The average Bonchev–Trinajstić information content (AvgIpc) is 2.47. The zero-order valence-electron chi connectivity index (χ0n) is 11.5. The number of benzene rings is 1. The number of carbonyl (C=O) groups excluding carboxylic acids is 1. The number of para-hydroxylation sites is 1. The van der Waals surface area contributed by atoms with E-state index in [0.717, 1.165) is 6.20 Å². The van der Waals surface area contributed by atoms with E-state index in [2.05, 4.69) is 4.98 Å². The monoisotopic (exact) mass is 322 g/mol. The molecule has 114 valence electrons. The Balaban J connectivity index is 2.42. The maximum absolute atomic E-state index is 11.9. The Labute approximate surface area is 130 Å². The van der Waals surface area contributed by atoms with Crippen LogP contribution in [0.1, 0.15) is 17.3 Å². The third-order valence-electron chi connectivity index (χ3n) is 2.61. The van der Waals surface area contributed by atoms with Crippen LogP contribution in [0.15, 0.2) is 36.5 Å². The van der Waals surface area contributed by atoms with Gasteiger partial charge in [-0.25, -0.2) is 9.78 Å². The molecule has 0 amide bonds. The van der Waals surface area contributed by atoms with Gasteiger partial charge in [0.05, 0.1) is 11.5 Å². The van der Waals surface area contributed by atoms with Gasteiger partial charge in [0.1, 0.15) is 22.7 Å². The molecule has 0 aliphatic heterocycles. The third kappa shape index (κ3) is 3.50. The molecule has 0 aliphatic carbocycles. The Morgan fingerprint density at radius 2 is 2.09 bits per heavy atom. The Bertz CT molecular complexity index is 720. The lowest BCUT2D eigenvalue weighted by Crippen LogP contribution is -2.06. The molecule has 0 saturated carbocycles. The summed E-state index contributed by atoms with van der Waals surface area (Å²) in [4.78, 5) is 25.9. The molecular formula is C14H11ClN2O5. The molecular weight excluding hydrogens is 312 g/mol. The van der Waals surface area contributed by atoms with Crippen LogP contribution in [0.4, 0.5) is 5.69 Å². The first-order valence-electron chi connectivity index (χ1n) is 6.27. The van der Waals surface area contributed by atoms with E-state index in [1.54, 1.807) is 19.1 Å². The summed E-state index contributed by atoms with van der Waals surface area (Å²) in [7, 11) is 0. The van der Waals surface area contributed by atoms with Crippen molar-refractivity contribution in [1.29, 1.82) is 0 Å². The van der Waals surface area contributed by atoms with Crippen molar-refractivity contribution in [2.75, 3.05) is 6.61 Å². The number of nitrogens with zero attached hydrogens (tertiary/aromatic N) is 2. The predicted molar refractivity (Wildman–Crippen MR) is 78.4 cm³/mol. The molecule has 1 heterocycles. The van der Waals surface area contributed by atoms with Crippen LogP contribution in [0.3, 0.4) is 0 Å². The van der Waals surface area contributed by atoms with Crippen molar-refractivity contribution < 1.29 is 19.2 Å². The lowest BCUT2D eigenvalue weighted by molar-refractivity contribution is -0.386. The lowest BCUT2D eigenvalue weighted by Gasteiger charge is -2.10. The van der Waals surface area contributed by atoms with E-state index in [1.165, 1.54) is 18.2 Å². The number of hydrogen-bond donors (Lipinski definition) is 0. The summed E-state index contributed by atoms with van der Waals surface area (Å²) >= 11 is 5.73. The summed E-state index contributed by atoms with van der Waals surface area (Å²) < 4.78 is 10.4. The van der Waals surface area contributed by atoms with Gasteiger partial charge >= 0.3 is 11.7 Å². The highest BCUT2D eigenvalue weighted by Gasteiger charge is 2.20. The number of halogens is 1. The van der Waals surface area contributed by atoms with Crippen molar-refractivity contribution in [2.24, 2.45) is 0 Å². The van der Waals surface area contributed by atoms with Crippen LogP contribution in [0.2, 0.25) is 5.15 Å². The highest BCUT2D eigenvalue weighted by atomic mass is 35.5. The van der Waals surface area contributed by atoms with Crippen molar-refractivity contribution in [3.05, 3.63) is 57.4 Å². The fraction of sp³-hybridized carbons (Fsp3) is 0.143. The van der Waals surface area contributed by atoms with Gasteiger partial charge in [-0.3, -0.25) is 10.1 Å². The van der Waals surface area contributed by atoms with Gasteiger partial charge in [0, 0.05) is 6.07 Å². The van der Waals surface area contributed by atoms with Crippen molar-refractivity contribution in [3.8, 4) is 11.5 Å². The van der Waals surface area contributed by atoms with Gasteiger partial charge in [-0.05, 0) is 19.1 Å². The number of esters is 1. The van der Waals surface area contributed by atoms with Crippen molar-refractivity contribution in [1.82, 2.24) is 4.98 Å². The summed E-state index contributed by atoms with van der Waals surface area (Å²) in [5.41, 5.74) is -0.199. The third-order valence-corrected chi connectivity index (χ3v) is 2.82. The van der Waals surface area contributed by atoms with E-state index in [4.69, 9.17) is 21.1 Å². The molecule has 0 unspecified atom stereocenters. The van der Waals surface area contributed by atoms with E-state index in [1.807, 2.05) is 0 Å². The number of hydrogen-bond acceptors (Lipinski definition) is 6. The van der Waals surface area contributed by atoms with Gasteiger partial charge in [-0.2, -0.15) is 0 Å². The summed E-state index contributed by atoms with van der Waals surface area (Å²) in [6, 6.07) is 7.48. The Morgan fingerprint density at radius 3 is 2.77 bits per heavy atom. The maximum atomic E-state index is 11.9. The first-order valence-corrected chi connectivity index (χ1v) is 6.64. The molecule has 0 radical (unpaired) electrons. The van der Waals surface area contributed by atoms with Gasteiger partial charge in [-0.15, -0.1) is 0 Å². The first kappa shape index (κ1) is 15.7. The highest BCUT2D eigenvalue weighted by Crippen LogP contribution is 2.34. The molecule has 0 N–H and O–H groups in total. The second kappa shape index (κ2) is 6.86. The van der Waals surface area contributed by atoms with E-state index in [-0.39, 0.29) is 34.5 Å². The maximum Gasteiger partial charge on any atom is 0.341 e. The van der Waals surface area contributed by atoms with E-state index in [0.29, 0.717) is 0 Å². The van der Waals surface area contributed by atoms with Crippen LogP contribution in [0.5, 0.6) is 11.5 Å². The molecule has 0 bridgehead atoms.